The number of likely N-dealkylation sites (N-methyl/N-ethyl adjacent to an activating group) is 1. The normalized spacial score (nSPS) is 19.0. The number of ether oxygens (including phenoxy) is 3. The van der Waals surface area contributed by atoms with Gasteiger partial charge in [0, 0.05) is 58.0 Å². The Bertz CT molecular complexity index is 1000. The molecule has 1 unspecified atom stereocenters. The third-order valence-corrected chi connectivity index (χ3v) is 6.68. The van der Waals surface area contributed by atoms with Crippen molar-refractivity contribution >= 4 is 17.9 Å². The van der Waals surface area contributed by atoms with E-state index in [0.717, 1.165) is 13.0 Å². The highest BCUT2D eigenvalue weighted by Gasteiger charge is 2.38. The number of hydrogen-bond donors (Lipinski definition) is 1. The molecule has 2 heterocycles. The van der Waals surface area contributed by atoms with Crippen molar-refractivity contribution in [2.75, 3.05) is 60.6 Å². The number of amides is 3. The molecule has 1 fully saturated rings. The molecule has 1 saturated heterocycles. The Morgan fingerprint density at radius 1 is 1.05 bits per heavy atom. The van der Waals surface area contributed by atoms with Gasteiger partial charge in [0.2, 0.25) is 5.91 Å². The highest BCUT2D eigenvalue weighted by molar-refractivity contribution is 5.95. The number of carbonyl (C=O) groups is 3. The summed E-state index contributed by atoms with van der Waals surface area (Å²) in [6.45, 7) is 9.14. The van der Waals surface area contributed by atoms with Crippen molar-refractivity contribution in [1.82, 2.24) is 20.0 Å². The first-order chi connectivity index (χ1) is 17.7. The van der Waals surface area contributed by atoms with Gasteiger partial charge in [-0.25, -0.2) is 9.59 Å². The van der Waals surface area contributed by atoms with Crippen LogP contribution in [0.3, 0.4) is 0 Å². The number of nitrogens with zero attached hydrogens (tertiary/aromatic N) is 3. The molecular formula is C27H40N4O6. The number of hydrogen-bond acceptors (Lipinski definition) is 7. The first-order valence-electron chi connectivity index (χ1n) is 12.9. The molecule has 3 rings (SSSR count). The Balaban J connectivity index is 1.96. The lowest BCUT2D eigenvalue weighted by Crippen LogP contribution is -2.49. The summed E-state index contributed by atoms with van der Waals surface area (Å²) in [7, 11) is 4.75. The van der Waals surface area contributed by atoms with Crippen molar-refractivity contribution in [2.24, 2.45) is 5.92 Å². The van der Waals surface area contributed by atoms with Gasteiger partial charge in [0.25, 0.3) is 0 Å². The number of esters is 1. The maximum absolute atomic E-state index is 13.3. The third-order valence-electron chi connectivity index (χ3n) is 6.68. The molecule has 204 valence electrons. The van der Waals surface area contributed by atoms with Crippen LogP contribution in [0.4, 0.5) is 4.79 Å². The number of benzene rings is 1. The molecule has 1 N–H and O–H groups in total. The van der Waals surface area contributed by atoms with Gasteiger partial charge in [-0.3, -0.25) is 14.6 Å². The minimum Gasteiger partial charge on any atom is -0.497 e. The van der Waals surface area contributed by atoms with E-state index in [1.54, 1.807) is 46.4 Å². The molecule has 0 saturated carbocycles. The Morgan fingerprint density at radius 2 is 1.73 bits per heavy atom. The summed E-state index contributed by atoms with van der Waals surface area (Å²) in [5.74, 6) is 1.09. The predicted molar refractivity (Wildman–Crippen MR) is 139 cm³/mol. The standard InChI is InChI=1S/C27H40N4O6/c1-7-37-26(33)24-22(17-30-9-8-10-31(12-11-30)23(32)13-18(2)3)29(4)27(34)28-25(24)19-14-20(35-5)16-21(15-19)36-6/h14-16,18,25H,7-13,17H2,1-6H3,(H,28,34). The van der Waals surface area contributed by atoms with E-state index in [1.807, 2.05) is 18.7 Å². The topological polar surface area (TPSA) is 101 Å². The second-order valence-corrected chi connectivity index (χ2v) is 9.78. The maximum atomic E-state index is 13.3. The molecule has 0 aromatic heterocycles. The van der Waals surface area contributed by atoms with Gasteiger partial charge in [-0.05, 0) is 37.0 Å². The van der Waals surface area contributed by atoms with Crippen LogP contribution in [0, 0.1) is 5.92 Å². The zero-order chi connectivity index (χ0) is 27.1. The van der Waals surface area contributed by atoms with Crippen LogP contribution in [0.1, 0.15) is 45.2 Å². The highest BCUT2D eigenvalue weighted by Crippen LogP contribution is 2.35. The fourth-order valence-electron chi connectivity index (χ4n) is 4.71. The fraction of sp³-hybridized carbons (Fsp3) is 0.593. The second kappa shape index (κ2) is 12.8. The molecule has 0 radical (unpaired) electrons. The number of nitrogens with one attached hydrogen (secondary N) is 1. The fourth-order valence-corrected chi connectivity index (χ4v) is 4.71. The molecule has 1 atom stereocenters. The minimum absolute atomic E-state index is 0.171. The largest absolute Gasteiger partial charge is 0.497 e. The van der Waals surface area contributed by atoms with E-state index in [2.05, 4.69) is 10.2 Å². The first-order valence-corrected chi connectivity index (χ1v) is 12.9. The summed E-state index contributed by atoms with van der Waals surface area (Å²) in [5, 5.41) is 2.94. The van der Waals surface area contributed by atoms with Crippen molar-refractivity contribution in [2.45, 2.75) is 39.7 Å². The van der Waals surface area contributed by atoms with E-state index in [4.69, 9.17) is 14.2 Å². The SMILES string of the molecule is CCOC(=O)C1=C(CN2CCCN(C(=O)CC(C)C)CC2)N(C)C(=O)NC1c1cc(OC)cc(OC)c1. The lowest BCUT2D eigenvalue weighted by Gasteiger charge is -2.36. The van der Waals surface area contributed by atoms with Gasteiger partial charge < -0.3 is 24.4 Å². The summed E-state index contributed by atoms with van der Waals surface area (Å²) in [6, 6.07) is 4.23. The molecule has 0 bridgehead atoms. The van der Waals surface area contributed by atoms with Gasteiger partial charge >= 0.3 is 12.0 Å². The number of urea groups is 1. The van der Waals surface area contributed by atoms with E-state index >= 15 is 0 Å². The van der Waals surface area contributed by atoms with Crippen LogP contribution in [0.2, 0.25) is 0 Å². The monoisotopic (exact) mass is 516 g/mol. The van der Waals surface area contributed by atoms with Crippen molar-refractivity contribution < 1.29 is 28.6 Å². The summed E-state index contributed by atoms with van der Waals surface area (Å²) in [6.07, 6.45) is 1.35. The van der Waals surface area contributed by atoms with Gasteiger partial charge in [-0.1, -0.05) is 13.8 Å². The zero-order valence-corrected chi connectivity index (χ0v) is 22.8. The minimum atomic E-state index is -0.738. The Morgan fingerprint density at radius 3 is 2.32 bits per heavy atom. The van der Waals surface area contributed by atoms with E-state index in [9.17, 15) is 14.4 Å². The van der Waals surface area contributed by atoms with E-state index in [1.165, 1.54) is 4.90 Å². The number of carbonyl (C=O) groups excluding carboxylic acids is 3. The van der Waals surface area contributed by atoms with Gasteiger partial charge in [0.15, 0.2) is 0 Å². The van der Waals surface area contributed by atoms with E-state index < -0.39 is 12.0 Å². The van der Waals surface area contributed by atoms with Crippen LogP contribution < -0.4 is 14.8 Å². The van der Waals surface area contributed by atoms with Gasteiger partial charge in [-0.2, -0.15) is 0 Å². The van der Waals surface area contributed by atoms with Crippen LogP contribution in [0.5, 0.6) is 11.5 Å². The summed E-state index contributed by atoms with van der Waals surface area (Å²) in [4.78, 5) is 44.6. The lowest BCUT2D eigenvalue weighted by atomic mass is 9.94. The van der Waals surface area contributed by atoms with Gasteiger partial charge in [-0.15, -0.1) is 0 Å². The lowest BCUT2D eigenvalue weighted by molar-refractivity contribution is -0.139. The quantitative estimate of drug-likeness (QED) is 0.504. The average molecular weight is 517 g/mol. The first kappa shape index (κ1) is 28.3. The van der Waals surface area contributed by atoms with E-state index in [0.29, 0.717) is 66.9 Å². The zero-order valence-electron chi connectivity index (χ0n) is 22.8. The molecule has 0 aliphatic carbocycles. The Kier molecular flexibility index (Phi) is 9.79. The van der Waals surface area contributed by atoms with Crippen molar-refractivity contribution in [3.63, 3.8) is 0 Å². The molecule has 1 aromatic carbocycles. The molecule has 37 heavy (non-hydrogen) atoms. The number of rotatable bonds is 9. The van der Waals surface area contributed by atoms with Gasteiger partial charge in [0.1, 0.15) is 11.5 Å². The van der Waals surface area contributed by atoms with E-state index in [-0.39, 0.29) is 18.5 Å². The highest BCUT2D eigenvalue weighted by atomic mass is 16.5. The predicted octanol–water partition coefficient (Wildman–Crippen LogP) is 2.80. The molecule has 10 nitrogen and oxygen atoms in total. The summed E-state index contributed by atoms with van der Waals surface area (Å²) >= 11 is 0. The van der Waals surface area contributed by atoms with Gasteiger partial charge in [0.05, 0.1) is 32.4 Å². The smallest absolute Gasteiger partial charge is 0.338 e. The van der Waals surface area contributed by atoms with Crippen LogP contribution in [0.15, 0.2) is 29.5 Å². The molecule has 3 amide bonds. The second-order valence-electron chi connectivity index (χ2n) is 9.78. The Hall–Kier alpha value is -3.27. The van der Waals surface area contributed by atoms with Crippen LogP contribution >= 0.6 is 0 Å². The maximum Gasteiger partial charge on any atom is 0.338 e. The third kappa shape index (κ3) is 6.94. The molecular weight excluding hydrogens is 476 g/mol. The molecule has 2 aliphatic heterocycles. The molecule has 10 heteroatoms. The summed E-state index contributed by atoms with van der Waals surface area (Å²) < 4.78 is 16.3. The van der Waals surface area contributed by atoms with Crippen molar-refractivity contribution in [1.29, 1.82) is 0 Å². The number of methoxy groups -OCH3 is 2. The van der Waals surface area contributed by atoms with Crippen LogP contribution in [-0.4, -0.2) is 93.2 Å². The van der Waals surface area contributed by atoms with Crippen LogP contribution in [-0.2, 0) is 14.3 Å². The molecule has 1 aromatic rings. The molecule has 0 spiro atoms. The van der Waals surface area contributed by atoms with Crippen molar-refractivity contribution in [3.05, 3.63) is 35.0 Å². The average Bonchev–Trinajstić information content (AvgIpc) is 3.11. The summed E-state index contributed by atoms with van der Waals surface area (Å²) in [5.41, 5.74) is 1.60. The van der Waals surface area contributed by atoms with Crippen molar-refractivity contribution in [3.8, 4) is 11.5 Å². The Labute approximate surface area is 219 Å². The van der Waals surface area contributed by atoms with Crippen LogP contribution in [0.25, 0.3) is 0 Å². The molecule has 2 aliphatic rings.